The average molecular weight is 222 g/mol. The second-order valence-corrected chi connectivity index (χ2v) is 3.64. The molecule has 0 heterocycles. The first kappa shape index (κ1) is 12.4. The van der Waals surface area contributed by atoms with Crippen LogP contribution in [-0.4, -0.2) is 18.6 Å². The van der Waals surface area contributed by atoms with E-state index in [1.807, 2.05) is 26.0 Å². The van der Waals surface area contributed by atoms with Gasteiger partial charge in [0, 0.05) is 6.54 Å². The Morgan fingerprint density at radius 3 is 2.88 bits per heavy atom. The highest BCUT2D eigenvalue weighted by Gasteiger charge is 2.14. The lowest BCUT2D eigenvalue weighted by Gasteiger charge is -2.16. The van der Waals surface area contributed by atoms with Gasteiger partial charge in [0.1, 0.15) is 5.75 Å². The smallest absolute Gasteiger partial charge is 0.260 e. The summed E-state index contributed by atoms with van der Waals surface area (Å²) >= 11 is 0. The number of aryl methyl sites for hydroxylation is 1. The van der Waals surface area contributed by atoms with Crippen molar-refractivity contribution in [1.82, 2.24) is 5.32 Å². The molecule has 4 nitrogen and oxygen atoms in total. The van der Waals surface area contributed by atoms with Crippen LogP contribution in [0.3, 0.4) is 0 Å². The zero-order chi connectivity index (χ0) is 12.1. The molecule has 88 valence electrons. The number of ether oxygens (including phenoxy) is 1. The van der Waals surface area contributed by atoms with Gasteiger partial charge in [-0.15, -0.1) is 0 Å². The molecule has 3 N–H and O–H groups in total. The molecule has 0 spiro atoms. The molecule has 1 amide bonds. The van der Waals surface area contributed by atoms with E-state index in [0.29, 0.717) is 18.0 Å². The minimum atomic E-state index is -0.538. The summed E-state index contributed by atoms with van der Waals surface area (Å²) in [5.41, 5.74) is 7.38. The normalized spacial score (nSPS) is 11.9. The molecular formula is C12H18N2O2. The summed E-state index contributed by atoms with van der Waals surface area (Å²) < 4.78 is 5.50. The summed E-state index contributed by atoms with van der Waals surface area (Å²) in [6.07, 6.45) is -0.538. The van der Waals surface area contributed by atoms with Crippen molar-refractivity contribution < 1.29 is 9.53 Å². The van der Waals surface area contributed by atoms with Crippen LogP contribution in [0.2, 0.25) is 0 Å². The second kappa shape index (κ2) is 5.39. The van der Waals surface area contributed by atoms with E-state index in [0.717, 1.165) is 5.56 Å². The van der Waals surface area contributed by atoms with Gasteiger partial charge in [0.05, 0.1) is 5.69 Å². The van der Waals surface area contributed by atoms with Crippen molar-refractivity contribution in [1.29, 1.82) is 0 Å². The molecule has 0 aliphatic carbocycles. The fraction of sp³-hybridized carbons (Fsp3) is 0.417. The van der Waals surface area contributed by atoms with Gasteiger partial charge >= 0.3 is 0 Å². The van der Waals surface area contributed by atoms with Crippen molar-refractivity contribution in [3.05, 3.63) is 23.8 Å². The summed E-state index contributed by atoms with van der Waals surface area (Å²) in [5.74, 6) is 0.419. The zero-order valence-electron chi connectivity index (χ0n) is 9.91. The Morgan fingerprint density at radius 2 is 2.25 bits per heavy atom. The third-order valence-corrected chi connectivity index (χ3v) is 2.31. The maximum absolute atomic E-state index is 11.5. The standard InChI is InChI=1S/C12H18N2O2/c1-4-14-12(15)9(3)16-10-7-5-6-8(2)11(10)13/h5-7,9H,4,13H2,1-3H3,(H,14,15). The summed E-state index contributed by atoms with van der Waals surface area (Å²) in [6.45, 7) is 6.06. The van der Waals surface area contributed by atoms with E-state index in [2.05, 4.69) is 5.32 Å². The Labute approximate surface area is 95.8 Å². The van der Waals surface area contributed by atoms with E-state index >= 15 is 0 Å². The first-order chi connectivity index (χ1) is 7.56. The van der Waals surface area contributed by atoms with Gasteiger partial charge in [-0.1, -0.05) is 12.1 Å². The van der Waals surface area contributed by atoms with Gasteiger partial charge in [-0.3, -0.25) is 4.79 Å². The summed E-state index contributed by atoms with van der Waals surface area (Å²) in [5, 5.41) is 2.69. The number of nitrogens with two attached hydrogens (primary N) is 1. The van der Waals surface area contributed by atoms with Crippen LogP contribution < -0.4 is 15.8 Å². The number of amides is 1. The van der Waals surface area contributed by atoms with Crippen LogP contribution in [0.4, 0.5) is 5.69 Å². The van der Waals surface area contributed by atoms with Crippen molar-refractivity contribution >= 4 is 11.6 Å². The zero-order valence-corrected chi connectivity index (χ0v) is 9.91. The number of benzene rings is 1. The Kier molecular flexibility index (Phi) is 4.17. The number of para-hydroxylation sites is 1. The second-order valence-electron chi connectivity index (χ2n) is 3.64. The molecule has 0 saturated heterocycles. The molecule has 0 saturated carbocycles. The molecule has 1 unspecified atom stereocenters. The molecule has 4 heteroatoms. The minimum absolute atomic E-state index is 0.136. The lowest BCUT2D eigenvalue weighted by atomic mass is 10.2. The molecular weight excluding hydrogens is 204 g/mol. The SMILES string of the molecule is CCNC(=O)C(C)Oc1cccc(C)c1N. The van der Waals surface area contributed by atoms with E-state index < -0.39 is 6.10 Å². The van der Waals surface area contributed by atoms with Gasteiger partial charge in [-0.25, -0.2) is 0 Å². The van der Waals surface area contributed by atoms with Crippen LogP contribution in [0.25, 0.3) is 0 Å². The van der Waals surface area contributed by atoms with E-state index in [9.17, 15) is 4.79 Å². The highest BCUT2D eigenvalue weighted by Crippen LogP contribution is 2.25. The van der Waals surface area contributed by atoms with Crippen molar-refractivity contribution in [3.63, 3.8) is 0 Å². The Bertz CT molecular complexity index is 377. The molecule has 0 bridgehead atoms. The molecule has 16 heavy (non-hydrogen) atoms. The number of carbonyl (C=O) groups is 1. The fourth-order valence-electron chi connectivity index (χ4n) is 1.32. The van der Waals surface area contributed by atoms with E-state index in [1.165, 1.54) is 0 Å². The van der Waals surface area contributed by atoms with Gasteiger partial charge in [0.15, 0.2) is 6.10 Å². The van der Waals surface area contributed by atoms with Crippen LogP contribution in [0.15, 0.2) is 18.2 Å². The van der Waals surface area contributed by atoms with E-state index in [1.54, 1.807) is 13.0 Å². The largest absolute Gasteiger partial charge is 0.479 e. The van der Waals surface area contributed by atoms with Gasteiger partial charge in [-0.2, -0.15) is 0 Å². The number of hydrogen-bond acceptors (Lipinski definition) is 3. The van der Waals surface area contributed by atoms with Gasteiger partial charge in [-0.05, 0) is 32.4 Å². The quantitative estimate of drug-likeness (QED) is 0.758. The number of hydrogen-bond donors (Lipinski definition) is 2. The topological polar surface area (TPSA) is 64.3 Å². The highest BCUT2D eigenvalue weighted by molar-refractivity contribution is 5.80. The van der Waals surface area contributed by atoms with Crippen molar-refractivity contribution in [3.8, 4) is 5.75 Å². The summed E-state index contributed by atoms with van der Waals surface area (Å²) in [7, 11) is 0. The predicted molar refractivity (Wildman–Crippen MR) is 64.4 cm³/mol. The van der Waals surface area contributed by atoms with Crippen LogP contribution in [0, 0.1) is 6.92 Å². The number of nitrogen functional groups attached to an aromatic ring is 1. The Hall–Kier alpha value is -1.71. The maximum Gasteiger partial charge on any atom is 0.260 e. The molecule has 0 aliphatic rings. The third kappa shape index (κ3) is 2.89. The monoisotopic (exact) mass is 222 g/mol. The van der Waals surface area contributed by atoms with Crippen LogP contribution in [-0.2, 0) is 4.79 Å². The maximum atomic E-state index is 11.5. The minimum Gasteiger partial charge on any atom is -0.479 e. The molecule has 1 aromatic rings. The average Bonchev–Trinajstić information content (AvgIpc) is 2.25. The number of anilines is 1. The summed E-state index contributed by atoms with van der Waals surface area (Å²) in [6, 6.07) is 5.52. The van der Waals surface area contributed by atoms with Gasteiger partial charge < -0.3 is 15.8 Å². The molecule has 0 aliphatic heterocycles. The van der Waals surface area contributed by atoms with Crippen LogP contribution >= 0.6 is 0 Å². The van der Waals surface area contributed by atoms with Crippen molar-refractivity contribution in [2.45, 2.75) is 26.9 Å². The number of carbonyl (C=O) groups excluding carboxylic acids is 1. The van der Waals surface area contributed by atoms with Gasteiger partial charge in [0.2, 0.25) is 0 Å². The molecule has 1 rings (SSSR count). The van der Waals surface area contributed by atoms with Crippen molar-refractivity contribution in [2.75, 3.05) is 12.3 Å². The Balaban J connectivity index is 2.73. The molecule has 1 aromatic carbocycles. The summed E-state index contributed by atoms with van der Waals surface area (Å²) in [4.78, 5) is 11.5. The fourth-order valence-corrected chi connectivity index (χ4v) is 1.32. The Morgan fingerprint density at radius 1 is 1.56 bits per heavy atom. The van der Waals surface area contributed by atoms with Gasteiger partial charge in [0.25, 0.3) is 5.91 Å². The van der Waals surface area contributed by atoms with E-state index in [4.69, 9.17) is 10.5 Å². The number of nitrogens with one attached hydrogen (secondary N) is 1. The first-order valence-electron chi connectivity index (χ1n) is 5.35. The molecule has 1 atom stereocenters. The lowest BCUT2D eigenvalue weighted by molar-refractivity contribution is -0.127. The van der Waals surface area contributed by atoms with E-state index in [-0.39, 0.29) is 5.91 Å². The van der Waals surface area contributed by atoms with Crippen molar-refractivity contribution in [2.24, 2.45) is 0 Å². The van der Waals surface area contributed by atoms with Crippen LogP contribution in [0.5, 0.6) is 5.75 Å². The molecule has 0 radical (unpaired) electrons. The molecule has 0 fully saturated rings. The predicted octanol–water partition coefficient (Wildman–Crippen LogP) is 1.48. The number of rotatable bonds is 4. The number of likely N-dealkylation sites (N-methyl/N-ethyl adjacent to an activating group) is 1. The lowest BCUT2D eigenvalue weighted by Crippen LogP contribution is -2.36. The van der Waals surface area contributed by atoms with Crippen LogP contribution in [0.1, 0.15) is 19.4 Å². The highest BCUT2D eigenvalue weighted by atomic mass is 16.5. The molecule has 0 aromatic heterocycles. The third-order valence-electron chi connectivity index (χ3n) is 2.31. The first-order valence-corrected chi connectivity index (χ1v) is 5.35.